The van der Waals surface area contributed by atoms with Crippen molar-refractivity contribution >= 4 is 38.4 Å². The van der Waals surface area contributed by atoms with Gasteiger partial charge in [0.05, 0.1) is 10.4 Å². The van der Waals surface area contributed by atoms with Crippen LogP contribution in [0.4, 0.5) is 20.0 Å². The molecule has 0 bridgehead atoms. The van der Waals surface area contributed by atoms with Crippen LogP contribution in [0.3, 0.4) is 0 Å². The number of anilines is 1. The van der Waals surface area contributed by atoms with Crippen molar-refractivity contribution in [2.75, 3.05) is 5.32 Å². The van der Waals surface area contributed by atoms with Gasteiger partial charge in [-0.1, -0.05) is 36.1 Å². The third-order valence-corrected chi connectivity index (χ3v) is 3.99. The van der Waals surface area contributed by atoms with Crippen LogP contribution in [0.25, 0.3) is 10.2 Å². The average Bonchev–Trinajstić information content (AvgIpc) is 2.96. The van der Waals surface area contributed by atoms with Crippen molar-refractivity contribution in [3.8, 4) is 0 Å². The largest absolute Gasteiger partial charge is 0.325 e. The Hall–Kier alpha value is -3.07. The summed E-state index contributed by atoms with van der Waals surface area (Å²) in [5.74, 6) is 0. The number of aromatic nitrogens is 1. The van der Waals surface area contributed by atoms with E-state index in [4.69, 9.17) is 0 Å². The number of halogens is 1. The number of alkyl halides is 1. The van der Waals surface area contributed by atoms with Gasteiger partial charge in [-0.05, 0) is 25.1 Å². The zero-order valence-corrected chi connectivity index (χ0v) is 14.0. The second kappa shape index (κ2) is 8.15. The van der Waals surface area contributed by atoms with E-state index in [1.807, 2.05) is 0 Å². The summed E-state index contributed by atoms with van der Waals surface area (Å²) in [6.45, 7) is 5.06. The van der Waals surface area contributed by atoms with Crippen molar-refractivity contribution in [2.24, 2.45) is 0 Å². The number of nitro benzene ring substituents is 1. The van der Waals surface area contributed by atoms with Crippen LogP contribution in [0.5, 0.6) is 0 Å². The molecule has 2 amide bonds. The highest BCUT2D eigenvalue weighted by molar-refractivity contribution is 7.22. The Balaban J connectivity index is 2.18. The number of carbonyl (C=O) groups excluding carboxylic acids is 1. The lowest BCUT2D eigenvalue weighted by molar-refractivity contribution is -0.382. The number of nitrogens with zero attached hydrogens (tertiary/aromatic N) is 2. The van der Waals surface area contributed by atoms with E-state index in [0.29, 0.717) is 10.2 Å². The summed E-state index contributed by atoms with van der Waals surface area (Å²) in [6.07, 6.45) is 4.05. The first-order valence-corrected chi connectivity index (χ1v) is 7.99. The molecule has 2 rings (SSSR count). The number of nitro groups is 1. The predicted octanol–water partition coefficient (Wildman–Crippen LogP) is 4.31. The number of thiazole rings is 1. The zero-order chi connectivity index (χ0) is 18.4. The number of nitrogens with one attached hydrogen (secondary N) is 2. The molecule has 1 atom stereocenters. The summed E-state index contributed by atoms with van der Waals surface area (Å²) in [7, 11) is 0. The molecule has 0 aliphatic carbocycles. The van der Waals surface area contributed by atoms with Crippen LogP contribution in [0, 0.1) is 10.1 Å². The number of allylic oxidation sites excluding steroid dienone is 4. The molecular weight excluding hydrogens is 347 g/mol. The molecule has 0 aliphatic heterocycles. The smallest absolute Gasteiger partial charge is 0.308 e. The summed E-state index contributed by atoms with van der Waals surface area (Å²) in [5, 5.41) is 16.2. The van der Waals surface area contributed by atoms with Crippen molar-refractivity contribution in [1.82, 2.24) is 10.3 Å². The Labute approximate surface area is 146 Å². The van der Waals surface area contributed by atoms with Gasteiger partial charge in [0, 0.05) is 11.8 Å². The summed E-state index contributed by atoms with van der Waals surface area (Å²) in [4.78, 5) is 26.7. The van der Waals surface area contributed by atoms with E-state index < -0.39 is 17.1 Å². The van der Waals surface area contributed by atoms with Crippen LogP contribution in [0.1, 0.15) is 6.92 Å². The van der Waals surface area contributed by atoms with Gasteiger partial charge in [-0.15, -0.1) is 0 Å². The van der Waals surface area contributed by atoms with Gasteiger partial charge in [0.1, 0.15) is 10.9 Å². The normalized spacial score (nSPS) is 13.0. The van der Waals surface area contributed by atoms with Gasteiger partial charge in [-0.3, -0.25) is 15.4 Å². The Bertz CT molecular complexity index is 875. The number of fused-ring (bicyclic) bond motifs is 1. The molecule has 1 aromatic carbocycles. The van der Waals surface area contributed by atoms with E-state index in [2.05, 4.69) is 22.2 Å². The van der Waals surface area contributed by atoms with Gasteiger partial charge >= 0.3 is 6.03 Å². The highest BCUT2D eigenvalue weighted by Crippen LogP contribution is 2.33. The monoisotopic (exact) mass is 362 g/mol. The Morgan fingerprint density at radius 1 is 1.52 bits per heavy atom. The lowest BCUT2D eigenvalue weighted by Crippen LogP contribution is -2.27. The fraction of sp³-hybridized carbons (Fsp3) is 0.125. The van der Waals surface area contributed by atoms with Gasteiger partial charge in [0.2, 0.25) is 0 Å². The second-order valence-electron chi connectivity index (χ2n) is 4.78. The Kier molecular flexibility index (Phi) is 5.96. The number of urea groups is 1. The maximum atomic E-state index is 13.4. The third-order valence-electron chi connectivity index (χ3n) is 2.98. The molecule has 2 aromatic rings. The van der Waals surface area contributed by atoms with Gasteiger partial charge in [-0.25, -0.2) is 14.2 Å². The van der Waals surface area contributed by atoms with Crippen LogP contribution >= 0.6 is 11.3 Å². The van der Waals surface area contributed by atoms with Crippen molar-refractivity contribution in [1.29, 1.82) is 0 Å². The Morgan fingerprint density at radius 2 is 2.28 bits per heavy atom. The number of benzene rings is 1. The molecular formula is C16H15FN4O3S. The van der Waals surface area contributed by atoms with E-state index in [-0.39, 0.29) is 16.5 Å². The van der Waals surface area contributed by atoms with Crippen LogP contribution in [0.15, 0.2) is 54.8 Å². The highest BCUT2D eigenvalue weighted by Gasteiger charge is 2.17. The van der Waals surface area contributed by atoms with Gasteiger partial charge < -0.3 is 5.32 Å². The summed E-state index contributed by atoms with van der Waals surface area (Å²) < 4.78 is 13.7. The van der Waals surface area contributed by atoms with Gasteiger partial charge in [0.25, 0.3) is 5.69 Å². The number of rotatable bonds is 6. The molecule has 1 aromatic heterocycles. The minimum Gasteiger partial charge on any atom is -0.308 e. The second-order valence-corrected chi connectivity index (χ2v) is 5.78. The highest BCUT2D eigenvalue weighted by atomic mass is 32.1. The van der Waals surface area contributed by atoms with E-state index in [0.717, 1.165) is 17.4 Å². The molecule has 7 nitrogen and oxygen atoms in total. The molecule has 0 radical (unpaired) electrons. The van der Waals surface area contributed by atoms with Crippen molar-refractivity contribution in [2.45, 2.75) is 13.1 Å². The number of hydrogen-bond donors (Lipinski definition) is 2. The van der Waals surface area contributed by atoms with Crippen LogP contribution in [0.2, 0.25) is 0 Å². The van der Waals surface area contributed by atoms with Crippen LogP contribution in [-0.2, 0) is 0 Å². The predicted molar refractivity (Wildman–Crippen MR) is 96.4 cm³/mol. The van der Waals surface area contributed by atoms with Crippen molar-refractivity contribution in [3.63, 3.8) is 0 Å². The molecule has 1 heterocycles. The van der Waals surface area contributed by atoms with E-state index in [9.17, 15) is 19.3 Å². The molecule has 25 heavy (non-hydrogen) atoms. The lowest BCUT2D eigenvalue weighted by atomic mass is 10.3. The lowest BCUT2D eigenvalue weighted by Gasteiger charge is -2.07. The summed E-state index contributed by atoms with van der Waals surface area (Å²) in [6, 6.07) is 3.87. The zero-order valence-electron chi connectivity index (χ0n) is 13.2. The average molecular weight is 362 g/mol. The molecule has 130 valence electrons. The molecule has 2 N–H and O–H groups in total. The molecule has 0 fully saturated rings. The standard InChI is InChI=1S/C16H15FN4O3S/c1-3-6-11(9-10(17)4-2)18-15(22)20-16-19-12-7-5-8-13(21(23)24)14(12)25-16/h3-10H,2H2,1H3,(H2,18,19,20,22)/b6-3-,11-9?. The van der Waals surface area contributed by atoms with Gasteiger partial charge in [-0.2, -0.15) is 0 Å². The number of amides is 2. The van der Waals surface area contributed by atoms with Crippen molar-refractivity contribution in [3.05, 3.63) is 64.9 Å². The third kappa shape index (κ3) is 4.70. The number of hydrogen-bond acceptors (Lipinski definition) is 5. The first kappa shape index (κ1) is 18.3. The number of non-ortho nitro benzene ring substituents is 1. The maximum Gasteiger partial charge on any atom is 0.325 e. The number of carbonyl (C=O) groups is 1. The molecule has 0 aliphatic rings. The first-order chi connectivity index (χ1) is 11.9. The summed E-state index contributed by atoms with van der Waals surface area (Å²) >= 11 is 0.987. The minimum atomic E-state index is -1.41. The fourth-order valence-corrected chi connectivity index (χ4v) is 2.90. The van der Waals surface area contributed by atoms with Crippen LogP contribution in [-0.4, -0.2) is 22.1 Å². The van der Waals surface area contributed by atoms with Crippen LogP contribution < -0.4 is 10.6 Å². The maximum absolute atomic E-state index is 13.4. The molecule has 0 spiro atoms. The minimum absolute atomic E-state index is 0.0794. The molecule has 0 saturated carbocycles. The summed E-state index contributed by atoms with van der Waals surface area (Å²) in [5.41, 5.74) is 0.581. The topological polar surface area (TPSA) is 97.2 Å². The van der Waals surface area contributed by atoms with Crippen molar-refractivity contribution < 1.29 is 14.1 Å². The quantitative estimate of drug-likeness (QED) is 0.346. The molecule has 0 saturated heterocycles. The van der Waals surface area contributed by atoms with E-state index >= 15 is 0 Å². The molecule has 9 heteroatoms. The SMILES string of the molecule is C=CC(F)C=C(/C=C\C)NC(=O)Nc1nc2cccc([N+](=O)[O-])c2s1. The van der Waals surface area contributed by atoms with E-state index in [1.165, 1.54) is 24.3 Å². The fourth-order valence-electron chi connectivity index (χ4n) is 1.95. The molecule has 1 unspecified atom stereocenters. The Morgan fingerprint density at radius 3 is 2.92 bits per heavy atom. The van der Waals surface area contributed by atoms with E-state index in [1.54, 1.807) is 19.1 Å². The first-order valence-electron chi connectivity index (χ1n) is 7.17. The van der Waals surface area contributed by atoms with Gasteiger partial charge in [0.15, 0.2) is 5.13 Å².